The van der Waals surface area contributed by atoms with Gasteiger partial charge in [-0.05, 0) is 25.1 Å². The Morgan fingerprint density at radius 1 is 1.14 bits per heavy atom. The van der Waals surface area contributed by atoms with Crippen molar-refractivity contribution in [2.45, 2.75) is 11.9 Å². The van der Waals surface area contributed by atoms with Crippen molar-refractivity contribution in [1.82, 2.24) is 15.1 Å². The van der Waals surface area contributed by atoms with E-state index < -0.39 is 0 Å². The number of nitrogens with one attached hydrogen (secondary N) is 1. The number of carbonyl (C=O) groups excluding carboxylic acids is 1. The van der Waals surface area contributed by atoms with Crippen LogP contribution in [0.2, 0.25) is 0 Å². The molecule has 0 radical (unpaired) electrons. The summed E-state index contributed by atoms with van der Waals surface area (Å²) in [6.45, 7) is 1.77. The van der Waals surface area contributed by atoms with Crippen molar-refractivity contribution in [3.63, 3.8) is 0 Å². The van der Waals surface area contributed by atoms with Gasteiger partial charge in [-0.3, -0.25) is 4.79 Å². The van der Waals surface area contributed by atoms with Gasteiger partial charge < -0.3 is 14.6 Å². The molecule has 1 N–H and O–H groups in total. The summed E-state index contributed by atoms with van der Waals surface area (Å²) in [5, 5.41) is 8.04. The summed E-state index contributed by atoms with van der Waals surface area (Å²) >= 11 is 1.33. The van der Waals surface area contributed by atoms with Crippen LogP contribution in [0.4, 0.5) is 5.82 Å². The standard InChI is InChI=1S/C21H18N4O3S/c1-13-10-18(25-28-13)23-19(26)12-29-21-16-11-15(27-2)8-9-17(16)22-20(24-21)14-6-4-3-5-7-14/h3-11H,12H2,1-2H3,(H,23,25,26). The quantitative estimate of drug-likeness (QED) is 0.376. The predicted molar refractivity (Wildman–Crippen MR) is 112 cm³/mol. The van der Waals surface area contributed by atoms with E-state index in [4.69, 9.17) is 14.2 Å². The van der Waals surface area contributed by atoms with Crippen LogP contribution in [0.1, 0.15) is 5.76 Å². The summed E-state index contributed by atoms with van der Waals surface area (Å²) in [5.74, 6) is 2.32. The van der Waals surface area contributed by atoms with Crippen molar-refractivity contribution < 1.29 is 14.1 Å². The highest BCUT2D eigenvalue weighted by Gasteiger charge is 2.14. The maximum absolute atomic E-state index is 12.3. The van der Waals surface area contributed by atoms with E-state index in [1.165, 1.54) is 11.8 Å². The number of anilines is 1. The first-order valence-corrected chi connectivity index (χ1v) is 9.88. The van der Waals surface area contributed by atoms with E-state index in [1.807, 2.05) is 48.5 Å². The third-order valence-corrected chi connectivity index (χ3v) is 5.13. The molecule has 0 saturated carbocycles. The molecule has 7 nitrogen and oxygen atoms in total. The number of hydrogen-bond acceptors (Lipinski definition) is 7. The van der Waals surface area contributed by atoms with Gasteiger partial charge in [0.15, 0.2) is 11.6 Å². The number of hydrogen-bond donors (Lipinski definition) is 1. The molecule has 146 valence electrons. The molecule has 0 bridgehead atoms. The summed E-state index contributed by atoms with van der Waals surface area (Å²) in [6, 6.07) is 17.0. The Bertz CT molecular complexity index is 1160. The van der Waals surface area contributed by atoms with Gasteiger partial charge >= 0.3 is 0 Å². The number of thioether (sulfide) groups is 1. The normalized spacial score (nSPS) is 10.8. The molecule has 8 heteroatoms. The number of amides is 1. The van der Waals surface area contributed by atoms with E-state index in [2.05, 4.69) is 15.5 Å². The lowest BCUT2D eigenvalue weighted by Crippen LogP contribution is -2.14. The number of carbonyl (C=O) groups is 1. The number of nitrogens with zero attached hydrogens (tertiary/aromatic N) is 3. The topological polar surface area (TPSA) is 90.1 Å². The Morgan fingerprint density at radius 2 is 1.97 bits per heavy atom. The van der Waals surface area contributed by atoms with Crippen molar-refractivity contribution in [3.8, 4) is 17.1 Å². The fraction of sp³-hybridized carbons (Fsp3) is 0.143. The third kappa shape index (κ3) is 4.38. The summed E-state index contributed by atoms with van der Waals surface area (Å²) in [5.41, 5.74) is 1.70. The maximum Gasteiger partial charge on any atom is 0.236 e. The van der Waals surface area contributed by atoms with Crippen molar-refractivity contribution >= 4 is 34.4 Å². The molecule has 0 aliphatic heterocycles. The molecule has 0 saturated heterocycles. The van der Waals surface area contributed by atoms with Gasteiger partial charge in [0.1, 0.15) is 16.5 Å². The lowest BCUT2D eigenvalue weighted by Gasteiger charge is -2.10. The third-order valence-electron chi connectivity index (χ3n) is 4.14. The van der Waals surface area contributed by atoms with Crippen molar-refractivity contribution in [3.05, 3.63) is 60.4 Å². The SMILES string of the molecule is COc1ccc2nc(-c3ccccc3)nc(SCC(=O)Nc3cc(C)on3)c2c1. The van der Waals surface area contributed by atoms with Gasteiger partial charge in [0, 0.05) is 17.0 Å². The van der Waals surface area contributed by atoms with Gasteiger partial charge in [-0.1, -0.05) is 47.3 Å². The van der Waals surface area contributed by atoms with Crippen LogP contribution in [0.25, 0.3) is 22.3 Å². The number of fused-ring (bicyclic) bond motifs is 1. The molecule has 2 heterocycles. The first kappa shape index (κ1) is 18.9. The molecule has 0 unspecified atom stereocenters. The van der Waals surface area contributed by atoms with Crippen molar-refractivity contribution in [2.75, 3.05) is 18.2 Å². The zero-order chi connectivity index (χ0) is 20.2. The van der Waals surface area contributed by atoms with Crippen LogP contribution >= 0.6 is 11.8 Å². The largest absolute Gasteiger partial charge is 0.497 e. The molecule has 2 aromatic heterocycles. The minimum absolute atomic E-state index is 0.170. The Morgan fingerprint density at radius 3 is 2.69 bits per heavy atom. The Kier molecular flexibility index (Phi) is 5.44. The van der Waals surface area contributed by atoms with Gasteiger partial charge in [0.25, 0.3) is 0 Å². The van der Waals surface area contributed by atoms with Crippen LogP contribution in [0, 0.1) is 6.92 Å². The zero-order valence-corrected chi connectivity index (χ0v) is 16.7. The molecule has 0 fully saturated rings. The molecular weight excluding hydrogens is 388 g/mol. The average Bonchev–Trinajstić information content (AvgIpc) is 3.16. The highest BCUT2D eigenvalue weighted by atomic mass is 32.2. The summed E-state index contributed by atoms with van der Waals surface area (Å²) in [6.07, 6.45) is 0. The fourth-order valence-electron chi connectivity index (χ4n) is 2.77. The molecule has 2 aromatic carbocycles. The molecule has 0 atom stereocenters. The molecule has 0 aliphatic carbocycles. The van der Waals surface area contributed by atoms with E-state index in [1.54, 1.807) is 20.1 Å². The second kappa shape index (κ2) is 8.32. The smallest absolute Gasteiger partial charge is 0.236 e. The summed E-state index contributed by atoms with van der Waals surface area (Å²) < 4.78 is 10.3. The number of rotatable bonds is 6. The molecule has 29 heavy (non-hydrogen) atoms. The van der Waals surface area contributed by atoms with Gasteiger partial charge in [0.2, 0.25) is 5.91 Å². The maximum atomic E-state index is 12.3. The van der Waals surface area contributed by atoms with Crippen LogP contribution in [0.15, 0.2) is 64.1 Å². The van der Waals surface area contributed by atoms with E-state index in [9.17, 15) is 4.79 Å². The highest BCUT2D eigenvalue weighted by molar-refractivity contribution is 8.00. The fourth-order valence-corrected chi connectivity index (χ4v) is 3.58. The van der Waals surface area contributed by atoms with Gasteiger partial charge in [-0.15, -0.1) is 0 Å². The van der Waals surface area contributed by atoms with Gasteiger partial charge in [-0.2, -0.15) is 0 Å². The number of methoxy groups -OCH3 is 1. The average molecular weight is 406 g/mol. The lowest BCUT2D eigenvalue weighted by atomic mass is 10.2. The van der Waals surface area contributed by atoms with Crippen LogP contribution in [-0.4, -0.2) is 33.9 Å². The van der Waals surface area contributed by atoms with Crippen LogP contribution in [0.5, 0.6) is 5.75 Å². The Balaban J connectivity index is 1.64. The molecule has 1 amide bonds. The molecule has 4 aromatic rings. The first-order chi connectivity index (χ1) is 14.1. The number of aromatic nitrogens is 3. The van der Waals surface area contributed by atoms with Crippen molar-refractivity contribution in [2.24, 2.45) is 0 Å². The zero-order valence-electron chi connectivity index (χ0n) is 15.9. The second-order valence-electron chi connectivity index (χ2n) is 6.26. The van der Waals surface area contributed by atoms with Crippen LogP contribution < -0.4 is 10.1 Å². The van der Waals surface area contributed by atoms with Crippen LogP contribution in [-0.2, 0) is 4.79 Å². The molecule has 0 spiro atoms. The van der Waals surface area contributed by atoms with E-state index in [0.29, 0.717) is 28.2 Å². The van der Waals surface area contributed by atoms with Crippen LogP contribution in [0.3, 0.4) is 0 Å². The van der Waals surface area contributed by atoms with Gasteiger partial charge in [-0.25, -0.2) is 9.97 Å². The number of aryl methyl sites for hydroxylation is 1. The number of ether oxygens (including phenoxy) is 1. The minimum Gasteiger partial charge on any atom is -0.497 e. The van der Waals surface area contributed by atoms with Gasteiger partial charge in [0.05, 0.1) is 18.4 Å². The Labute approximate surface area is 171 Å². The highest BCUT2D eigenvalue weighted by Crippen LogP contribution is 2.31. The second-order valence-corrected chi connectivity index (χ2v) is 7.23. The minimum atomic E-state index is -0.195. The van der Waals surface area contributed by atoms with Crippen molar-refractivity contribution in [1.29, 1.82) is 0 Å². The van der Waals surface area contributed by atoms with E-state index >= 15 is 0 Å². The molecule has 4 rings (SSSR count). The summed E-state index contributed by atoms with van der Waals surface area (Å²) in [4.78, 5) is 21.7. The lowest BCUT2D eigenvalue weighted by molar-refractivity contribution is -0.113. The summed E-state index contributed by atoms with van der Waals surface area (Å²) in [7, 11) is 1.61. The van der Waals surface area contributed by atoms with E-state index in [-0.39, 0.29) is 11.7 Å². The molecular formula is C21H18N4O3S. The monoisotopic (exact) mass is 406 g/mol. The number of benzene rings is 2. The molecule has 0 aliphatic rings. The first-order valence-electron chi connectivity index (χ1n) is 8.89. The Hall–Kier alpha value is -3.39. The van der Waals surface area contributed by atoms with E-state index in [0.717, 1.165) is 16.5 Å². The predicted octanol–water partition coefficient (Wildman–Crippen LogP) is 4.33.